The molecule has 1 rings (SSSR count). The van der Waals surface area contributed by atoms with Crippen LogP contribution in [0.25, 0.3) is 0 Å². The predicted molar refractivity (Wildman–Crippen MR) is 68.9 cm³/mol. The molecule has 0 aliphatic heterocycles. The molecule has 0 aromatic carbocycles. The van der Waals surface area contributed by atoms with E-state index in [0.29, 0.717) is 6.54 Å². The third-order valence-electron chi connectivity index (χ3n) is 2.25. The minimum atomic E-state index is 0.0719. The monoisotopic (exact) mass is 240 g/mol. The average molecular weight is 240 g/mol. The van der Waals surface area contributed by atoms with Crippen LogP contribution in [0.2, 0.25) is 0 Å². The lowest BCUT2D eigenvalue weighted by atomic mass is 10.2. The van der Waals surface area contributed by atoms with Gasteiger partial charge in [0.15, 0.2) is 0 Å². The Hall–Kier alpha value is -0.870. The summed E-state index contributed by atoms with van der Waals surface area (Å²) in [7, 11) is 0. The van der Waals surface area contributed by atoms with Crippen LogP contribution in [0.5, 0.6) is 0 Å². The largest absolute Gasteiger partial charge is 0.352 e. The van der Waals surface area contributed by atoms with Crippen molar-refractivity contribution in [3.8, 4) is 0 Å². The highest BCUT2D eigenvalue weighted by Crippen LogP contribution is 2.16. The van der Waals surface area contributed by atoms with Gasteiger partial charge in [0.05, 0.1) is 6.54 Å². The first-order valence-electron chi connectivity index (χ1n) is 5.67. The van der Waals surface area contributed by atoms with Crippen LogP contribution >= 0.6 is 11.3 Å². The first-order valence-corrected chi connectivity index (χ1v) is 6.49. The molecule has 0 fully saturated rings. The third kappa shape index (κ3) is 4.77. The summed E-state index contributed by atoms with van der Waals surface area (Å²) >= 11 is 1.79. The van der Waals surface area contributed by atoms with Crippen molar-refractivity contribution in [3.05, 3.63) is 21.9 Å². The molecule has 1 atom stereocenters. The minimum absolute atomic E-state index is 0.0719. The van der Waals surface area contributed by atoms with Gasteiger partial charge in [-0.2, -0.15) is 0 Å². The Morgan fingerprint density at radius 1 is 1.50 bits per heavy atom. The summed E-state index contributed by atoms with van der Waals surface area (Å²) in [6, 6.07) is 4.45. The van der Waals surface area contributed by atoms with E-state index in [-0.39, 0.29) is 11.9 Å². The van der Waals surface area contributed by atoms with Gasteiger partial charge in [-0.05, 0) is 32.5 Å². The lowest BCUT2D eigenvalue weighted by Crippen LogP contribution is -2.39. The summed E-state index contributed by atoms with van der Waals surface area (Å²) in [5.74, 6) is 0.0719. The molecule has 1 aromatic heterocycles. The maximum Gasteiger partial charge on any atom is 0.234 e. The highest BCUT2D eigenvalue weighted by atomic mass is 32.1. The van der Waals surface area contributed by atoms with Crippen LogP contribution in [0.1, 0.15) is 23.6 Å². The lowest BCUT2D eigenvalue weighted by molar-refractivity contribution is -0.120. The number of carbonyl (C=O) groups is 1. The predicted octanol–water partition coefficient (Wildman–Crippen LogP) is 1.71. The first kappa shape index (κ1) is 13.2. The second-order valence-corrected chi connectivity index (χ2v) is 5.34. The van der Waals surface area contributed by atoms with Crippen molar-refractivity contribution < 1.29 is 4.79 Å². The molecule has 1 amide bonds. The van der Waals surface area contributed by atoms with Crippen molar-refractivity contribution in [2.24, 2.45) is 0 Å². The zero-order valence-corrected chi connectivity index (χ0v) is 11.0. The maximum absolute atomic E-state index is 11.4. The summed E-state index contributed by atoms with van der Waals surface area (Å²) in [5.41, 5.74) is 0. The number of aryl methyl sites for hydroxylation is 1. The van der Waals surface area contributed by atoms with Crippen LogP contribution < -0.4 is 10.6 Å². The third-order valence-corrected chi connectivity index (χ3v) is 3.27. The highest BCUT2D eigenvalue weighted by Gasteiger charge is 2.08. The molecule has 0 spiro atoms. The first-order chi connectivity index (χ1) is 7.61. The molecule has 1 unspecified atom stereocenters. The highest BCUT2D eigenvalue weighted by molar-refractivity contribution is 7.11. The van der Waals surface area contributed by atoms with Gasteiger partial charge in [-0.15, -0.1) is 11.3 Å². The number of nitrogens with one attached hydrogen (secondary N) is 2. The Morgan fingerprint density at radius 3 is 2.81 bits per heavy atom. The van der Waals surface area contributed by atoms with E-state index in [4.69, 9.17) is 0 Å². The van der Waals surface area contributed by atoms with Gasteiger partial charge in [0.25, 0.3) is 0 Å². The number of amides is 1. The SMILES string of the molecule is CCNCC(=O)NC(C)Cc1ccc(C)s1. The van der Waals surface area contributed by atoms with Crippen LogP contribution in [-0.4, -0.2) is 25.0 Å². The number of thiophene rings is 1. The number of rotatable bonds is 6. The molecule has 0 aliphatic rings. The molecule has 4 heteroatoms. The number of likely N-dealkylation sites (N-methyl/N-ethyl adjacent to an activating group) is 1. The van der Waals surface area contributed by atoms with E-state index in [1.54, 1.807) is 11.3 Å². The van der Waals surface area contributed by atoms with Gasteiger partial charge in [-0.3, -0.25) is 4.79 Å². The van der Waals surface area contributed by atoms with Gasteiger partial charge in [0, 0.05) is 22.2 Å². The van der Waals surface area contributed by atoms with E-state index in [0.717, 1.165) is 13.0 Å². The normalized spacial score (nSPS) is 12.4. The summed E-state index contributed by atoms with van der Waals surface area (Å²) in [5, 5.41) is 5.99. The summed E-state index contributed by atoms with van der Waals surface area (Å²) in [6.45, 7) is 7.36. The summed E-state index contributed by atoms with van der Waals surface area (Å²) in [4.78, 5) is 14.1. The Balaban J connectivity index is 2.30. The van der Waals surface area contributed by atoms with Gasteiger partial charge < -0.3 is 10.6 Å². The maximum atomic E-state index is 11.4. The Labute approximate surface area is 101 Å². The van der Waals surface area contributed by atoms with Crippen molar-refractivity contribution >= 4 is 17.2 Å². The van der Waals surface area contributed by atoms with Crippen LogP contribution in [0, 0.1) is 6.92 Å². The van der Waals surface area contributed by atoms with Crippen LogP contribution in [0.4, 0.5) is 0 Å². The lowest BCUT2D eigenvalue weighted by Gasteiger charge is -2.12. The zero-order valence-electron chi connectivity index (χ0n) is 10.2. The molecule has 0 aliphatic carbocycles. The standard InChI is InChI=1S/C12H20N2OS/c1-4-13-8-12(15)14-9(2)7-11-6-5-10(3)16-11/h5-6,9,13H,4,7-8H2,1-3H3,(H,14,15). The molecule has 0 radical (unpaired) electrons. The van der Waals surface area contributed by atoms with E-state index >= 15 is 0 Å². The molecule has 0 bridgehead atoms. The van der Waals surface area contributed by atoms with E-state index in [1.807, 2.05) is 13.8 Å². The molecule has 0 saturated carbocycles. The van der Waals surface area contributed by atoms with Crippen molar-refractivity contribution in [2.75, 3.05) is 13.1 Å². The van der Waals surface area contributed by atoms with E-state index in [1.165, 1.54) is 9.75 Å². The molecule has 1 aromatic rings. The smallest absolute Gasteiger partial charge is 0.234 e. The fraction of sp³-hybridized carbons (Fsp3) is 0.583. The van der Waals surface area contributed by atoms with Crippen molar-refractivity contribution in [2.45, 2.75) is 33.2 Å². The van der Waals surface area contributed by atoms with Crippen molar-refractivity contribution in [3.63, 3.8) is 0 Å². The zero-order chi connectivity index (χ0) is 12.0. The molecule has 1 heterocycles. The summed E-state index contributed by atoms with van der Waals surface area (Å²) in [6.07, 6.45) is 0.913. The van der Waals surface area contributed by atoms with Crippen molar-refractivity contribution in [1.82, 2.24) is 10.6 Å². The average Bonchev–Trinajstić information content (AvgIpc) is 2.60. The van der Waals surface area contributed by atoms with Crippen LogP contribution in [0.15, 0.2) is 12.1 Å². The quantitative estimate of drug-likeness (QED) is 0.795. The van der Waals surface area contributed by atoms with Crippen molar-refractivity contribution in [1.29, 1.82) is 0 Å². The number of hydrogen-bond acceptors (Lipinski definition) is 3. The second-order valence-electron chi connectivity index (χ2n) is 3.97. The van der Waals surface area contributed by atoms with Crippen LogP contribution in [-0.2, 0) is 11.2 Å². The molecular weight excluding hydrogens is 220 g/mol. The van der Waals surface area contributed by atoms with Gasteiger partial charge in [0.2, 0.25) is 5.91 Å². The molecular formula is C12H20N2OS. The van der Waals surface area contributed by atoms with Gasteiger partial charge >= 0.3 is 0 Å². The Morgan fingerprint density at radius 2 is 2.25 bits per heavy atom. The Bertz CT molecular complexity index is 336. The van der Waals surface area contributed by atoms with Gasteiger partial charge in [-0.25, -0.2) is 0 Å². The fourth-order valence-corrected chi connectivity index (χ4v) is 2.53. The fourth-order valence-electron chi connectivity index (χ4n) is 1.51. The van der Waals surface area contributed by atoms with E-state index in [2.05, 4.69) is 29.7 Å². The number of carbonyl (C=O) groups excluding carboxylic acids is 1. The molecule has 2 N–H and O–H groups in total. The van der Waals surface area contributed by atoms with E-state index < -0.39 is 0 Å². The second kappa shape index (κ2) is 6.66. The number of hydrogen-bond donors (Lipinski definition) is 2. The molecule has 3 nitrogen and oxygen atoms in total. The van der Waals surface area contributed by atoms with E-state index in [9.17, 15) is 4.79 Å². The minimum Gasteiger partial charge on any atom is -0.352 e. The summed E-state index contributed by atoms with van der Waals surface area (Å²) < 4.78 is 0. The molecule has 16 heavy (non-hydrogen) atoms. The molecule has 0 saturated heterocycles. The van der Waals surface area contributed by atoms with Gasteiger partial charge in [0.1, 0.15) is 0 Å². The van der Waals surface area contributed by atoms with Gasteiger partial charge in [-0.1, -0.05) is 6.92 Å². The molecule has 90 valence electrons. The topological polar surface area (TPSA) is 41.1 Å². The van der Waals surface area contributed by atoms with Crippen LogP contribution in [0.3, 0.4) is 0 Å². The Kier molecular flexibility index (Phi) is 5.49.